The second-order valence-electron chi connectivity index (χ2n) is 5.09. The highest BCUT2D eigenvalue weighted by molar-refractivity contribution is 5.83. The second-order valence-corrected chi connectivity index (χ2v) is 5.09. The summed E-state index contributed by atoms with van der Waals surface area (Å²) in [5, 5.41) is 5.67. The van der Waals surface area contributed by atoms with E-state index in [9.17, 15) is 14.0 Å². The van der Waals surface area contributed by atoms with Gasteiger partial charge in [-0.15, -0.1) is 0 Å². The van der Waals surface area contributed by atoms with Gasteiger partial charge in [0.25, 0.3) is 0 Å². The SMILES string of the molecule is CNC(=O)C1CN(C(=O)CCc2ccc(F)cc2)CCN1. The van der Waals surface area contributed by atoms with Crippen molar-refractivity contribution in [2.45, 2.75) is 18.9 Å². The van der Waals surface area contributed by atoms with Crippen molar-refractivity contribution in [1.29, 1.82) is 0 Å². The minimum Gasteiger partial charge on any atom is -0.358 e. The zero-order valence-corrected chi connectivity index (χ0v) is 12.1. The van der Waals surface area contributed by atoms with Crippen molar-refractivity contribution in [3.05, 3.63) is 35.6 Å². The summed E-state index contributed by atoms with van der Waals surface area (Å²) in [7, 11) is 1.58. The molecule has 1 aliphatic rings. The van der Waals surface area contributed by atoms with Gasteiger partial charge in [0.2, 0.25) is 11.8 Å². The maximum absolute atomic E-state index is 12.8. The monoisotopic (exact) mass is 293 g/mol. The maximum Gasteiger partial charge on any atom is 0.238 e. The Balaban J connectivity index is 1.85. The molecule has 0 spiro atoms. The van der Waals surface area contributed by atoms with E-state index in [1.807, 2.05) is 0 Å². The number of benzene rings is 1. The third-order valence-corrected chi connectivity index (χ3v) is 3.63. The average molecular weight is 293 g/mol. The van der Waals surface area contributed by atoms with Gasteiger partial charge in [0.15, 0.2) is 0 Å². The molecule has 5 nitrogen and oxygen atoms in total. The van der Waals surface area contributed by atoms with Crippen LogP contribution in [-0.2, 0) is 16.0 Å². The number of aryl methyl sites for hydroxylation is 1. The summed E-state index contributed by atoms with van der Waals surface area (Å²) in [5.74, 6) is -0.360. The maximum atomic E-state index is 12.8. The topological polar surface area (TPSA) is 61.4 Å². The lowest BCUT2D eigenvalue weighted by molar-refractivity contribution is -0.134. The molecule has 2 amide bonds. The Labute approximate surface area is 123 Å². The van der Waals surface area contributed by atoms with Gasteiger partial charge in [-0.2, -0.15) is 0 Å². The highest BCUT2D eigenvalue weighted by atomic mass is 19.1. The zero-order valence-electron chi connectivity index (χ0n) is 12.1. The Morgan fingerprint density at radius 3 is 2.76 bits per heavy atom. The molecule has 0 aromatic heterocycles. The molecule has 21 heavy (non-hydrogen) atoms. The van der Waals surface area contributed by atoms with Gasteiger partial charge in [0, 0.05) is 33.1 Å². The molecular weight excluding hydrogens is 273 g/mol. The fourth-order valence-corrected chi connectivity index (χ4v) is 2.39. The third kappa shape index (κ3) is 4.26. The Hall–Kier alpha value is -1.95. The summed E-state index contributed by atoms with van der Waals surface area (Å²) in [4.78, 5) is 25.5. The third-order valence-electron chi connectivity index (χ3n) is 3.63. The number of nitrogens with one attached hydrogen (secondary N) is 2. The van der Waals surface area contributed by atoms with Crippen LogP contribution < -0.4 is 10.6 Å². The first kappa shape index (κ1) is 15.4. The minimum atomic E-state index is -0.349. The van der Waals surface area contributed by atoms with Crippen molar-refractivity contribution in [2.75, 3.05) is 26.7 Å². The Bertz CT molecular complexity index is 504. The van der Waals surface area contributed by atoms with Crippen LogP contribution in [-0.4, -0.2) is 49.4 Å². The van der Waals surface area contributed by atoms with Crippen molar-refractivity contribution in [3.8, 4) is 0 Å². The van der Waals surface area contributed by atoms with E-state index in [0.717, 1.165) is 5.56 Å². The van der Waals surface area contributed by atoms with E-state index < -0.39 is 0 Å². The summed E-state index contributed by atoms with van der Waals surface area (Å²) in [6.07, 6.45) is 0.944. The van der Waals surface area contributed by atoms with Crippen LogP contribution in [0.2, 0.25) is 0 Å². The first-order valence-electron chi connectivity index (χ1n) is 7.07. The highest BCUT2D eigenvalue weighted by Gasteiger charge is 2.26. The minimum absolute atomic E-state index is 0.0229. The fraction of sp³-hybridized carbons (Fsp3) is 0.467. The molecule has 2 rings (SSSR count). The van der Waals surface area contributed by atoms with Gasteiger partial charge in [0.1, 0.15) is 11.9 Å². The molecule has 1 aromatic rings. The van der Waals surface area contributed by atoms with Crippen molar-refractivity contribution in [3.63, 3.8) is 0 Å². The summed E-state index contributed by atoms with van der Waals surface area (Å²) < 4.78 is 12.8. The van der Waals surface area contributed by atoms with Crippen LogP contribution in [0.25, 0.3) is 0 Å². The van der Waals surface area contributed by atoms with Crippen molar-refractivity contribution < 1.29 is 14.0 Å². The van der Waals surface area contributed by atoms with E-state index in [4.69, 9.17) is 0 Å². The van der Waals surface area contributed by atoms with Crippen LogP contribution >= 0.6 is 0 Å². The van der Waals surface area contributed by atoms with Crippen molar-refractivity contribution in [2.24, 2.45) is 0 Å². The van der Waals surface area contributed by atoms with Crippen LogP contribution in [0.15, 0.2) is 24.3 Å². The molecule has 114 valence electrons. The normalized spacial score (nSPS) is 18.4. The molecular formula is C15H20FN3O2. The van der Waals surface area contributed by atoms with Gasteiger partial charge in [-0.25, -0.2) is 4.39 Å². The standard InChI is InChI=1S/C15H20FN3O2/c1-17-15(21)13-10-19(9-8-18-13)14(20)7-4-11-2-5-12(16)6-3-11/h2-3,5-6,13,18H,4,7-10H2,1H3,(H,17,21). The summed E-state index contributed by atoms with van der Waals surface area (Å²) >= 11 is 0. The van der Waals surface area contributed by atoms with Crippen molar-refractivity contribution in [1.82, 2.24) is 15.5 Å². The van der Waals surface area contributed by atoms with Gasteiger partial charge >= 0.3 is 0 Å². The summed E-state index contributed by atoms with van der Waals surface area (Å²) in [5.41, 5.74) is 0.933. The lowest BCUT2D eigenvalue weighted by Crippen LogP contribution is -2.57. The number of hydrogen-bond donors (Lipinski definition) is 2. The molecule has 0 aliphatic carbocycles. The van der Waals surface area contributed by atoms with Gasteiger partial charge in [-0.3, -0.25) is 9.59 Å². The largest absolute Gasteiger partial charge is 0.358 e. The van der Waals surface area contributed by atoms with Crippen LogP contribution in [0.3, 0.4) is 0 Å². The van der Waals surface area contributed by atoms with Crippen LogP contribution in [0.5, 0.6) is 0 Å². The number of amides is 2. The molecule has 6 heteroatoms. The quantitative estimate of drug-likeness (QED) is 0.839. The van der Waals surface area contributed by atoms with E-state index in [0.29, 0.717) is 32.5 Å². The molecule has 1 aromatic carbocycles. The lowest BCUT2D eigenvalue weighted by Gasteiger charge is -2.32. The number of rotatable bonds is 4. The first-order valence-corrected chi connectivity index (χ1v) is 7.07. The van der Waals surface area contributed by atoms with Gasteiger partial charge < -0.3 is 15.5 Å². The van der Waals surface area contributed by atoms with Crippen LogP contribution in [0.1, 0.15) is 12.0 Å². The van der Waals surface area contributed by atoms with Crippen LogP contribution in [0.4, 0.5) is 4.39 Å². The molecule has 1 aliphatic heterocycles. The van der Waals surface area contributed by atoms with Gasteiger partial charge in [0.05, 0.1) is 0 Å². The number of halogens is 1. The smallest absolute Gasteiger partial charge is 0.238 e. The zero-order chi connectivity index (χ0) is 15.2. The molecule has 1 saturated heterocycles. The predicted molar refractivity (Wildman–Crippen MR) is 77.2 cm³/mol. The van der Waals surface area contributed by atoms with E-state index in [2.05, 4.69) is 10.6 Å². The number of hydrogen-bond acceptors (Lipinski definition) is 3. The lowest BCUT2D eigenvalue weighted by atomic mass is 10.1. The molecule has 0 bridgehead atoms. The van der Waals surface area contributed by atoms with Gasteiger partial charge in [-0.1, -0.05) is 12.1 Å². The molecule has 1 heterocycles. The Morgan fingerprint density at radius 2 is 2.10 bits per heavy atom. The van der Waals surface area contributed by atoms with E-state index >= 15 is 0 Å². The molecule has 1 atom stereocenters. The Kier molecular flexibility index (Phi) is 5.27. The van der Waals surface area contributed by atoms with Crippen LogP contribution in [0, 0.1) is 5.82 Å². The second kappa shape index (κ2) is 7.17. The molecule has 0 radical (unpaired) electrons. The average Bonchev–Trinajstić information content (AvgIpc) is 2.53. The fourth-order valence-electron chi connectivity index (χ4n) is 2.39. The highest BCUT2D eigenvalue weighted by Crippen LogP contribution is 2.08. The first-order chi connectivity index (χ1) is 10.1. The van der Waals surface area contributed by atoms with E-state index in [1.165, 1.54) is 12.1 Å². The van der Waals surface area contributed by atoms with E-state index in [-0.39, 0.29) is 23.7 Å². The van der Waals surface area contributed by atoms with Crippen molar-refractivity contribution >= 4 is 11.8 Å². The number of piperazine rings is 1. The Morgan fingerprint density at radius 1 is 1.38 bits per heavy atom. The summed E-state index contributed by atoms with van der Waals surface area (Å²) in [6, 6.07) is 5.82. The van der Waals surface area contributed by atoms with E-state index in [1.54, 1.807) is 24.1 Å². The number of nitrogens with zero attached hydrogens (tertiary/aromatic N) is 1. The summed E-state index contributed by atoms with van der Waals surface area (Å²) in [6.45, 7) is 1.61. The number of likely N-dealkylation sites (N-methyl/N-ethyl adjacent to an activating group) is 1. The molecule has 1 unspecified atom stereocenters. The molecule has 1 fully saturated rings. The molecule has 2 N–H and O–H groups in total. The number of carbonyl (C=O) groups excluding carboxylic acids is 2. The molecule has 0 saturated carbocycles. The number of carbonyl (C=O) groups is 2. The predicted octanol–water partition coefficient (Wildman–Crippen LogP) is 0.305. The van der Waals surface area contributed by atoms with Gasteiger partial charge in [-0.05, 0) is 24.1 Å².